The predicted molar refractivity (Wildman–Crippen MR) is 116 cm³/mol. The maximum atomic E-state index is 13.7. The Morgan fingerprint density at radius 2 is 1.72 bits per heavy atom. The maximum Gasteiger partial charge on any atom is 0.260 e. The summed E-state index contributed by atoms with van der Waals surface area (Å²) in [5.41, 5.74) is 0.702. The minimum Gasteiger partial charge on any atom is -0.349 e. The molecule has 2 aromatic rings. The number of benzene rings is 2. The molecule has 0 spiro atoms. The van der Waals surface area contributed by atoms with Gasteiger partial charge in [0.05, 0.1) is 16.1 Å². The molecule has 0 radical (unpaired) electrons. The molecule has 3 N–H and O–H groups in total. The zero-order valence-electron chi connectivity index (χ0n) is 15.6. The normalized spacial score (nSPS) is 14.1. The van der Waals surface area contributed by atoms with Crippen molar-refractivity contribution < 1.29 is 14.0 Å². The van der Waals surface area contributed by atoms with E-state index in [1.165, 1.54) is 24.6 Å². The van der Waals surface area contributed by atoms with Gasteiger partial charge in [-0.15, -0.1) is 0 Å². The van der Waals surface area contributed by atoms with E-state index in [2.05, 4.69) is 16.0 Å². The lowest BCUT2D eigenvalue weighted by Gasteiger charge is -2.23. The Hall–Kier alpha value is -2.51. The third kappa shape index (κ3) is 5.74. The first-order valence-electron chi connectivity index (χ1n) is 9.41. The van der Waals surface area contributed by atoms with Gasteiger partial charge in [0.2, 0.25) is 0 Å². The van der Waals surface area contributed by atoms with E-state index < -0.39 is 11.7 Å². The molecule has 0 atom stereocenters. The topological polar surface area (TPSA) is 70.2 Å². The quantitative estimate of drug-likeness (QED) is 0.613. The van der Waals surface area contributed by atoms with Crippen molar-refractivity contribution in [2.24, 2.45) is 0 Å². The maximum absolute atomic E-state index is 13.7. The first kappa shape index (κ1) is 21.2. The highest BCUT2D eigenvalue weighted by Crippen LogP contribution is 2.23. The Labute approximate surface area is 179 Å². The largest absolute Gasteiger partial charge is 0.349 e. The summed E-state index contributed by atoms with van der Waals surface area (Å²) in [5, 5.41) is 8.58. The summed E-state index contributed by atoms with van der Waals surface area (Å²) >= 11 is 11.3. The Morgan fingerprint density at radius 1 is 1.00 bits per heavy atom. The Morgan fingerprint density at radius 3 is 2.45 bits per heavy atom. The third-order valence-corrected chi connectivity index (χ3v) is 5.29. The van der Waals surface area contributed by atoms with Crippen molar-refractivity contribution in [3.63, 3.8) is 0 Å². The molecule has 29 heavy (non-hydrogen) atoms. The van der Waals surface area contributed by atoms with E-state index in [-0.39, 0.29) is 22.6 Å². The SMILES string of the molecule is O=C(NC(=S)Nc1ccc(Cl)c(C(=O)NC2CCCCC2)c1)c1ccccc1F. The van der Waals surface area contributed by atoms with Gasteiger partial charge in [-0.25, -0.2) is 4.39 Å². The fraction of sp³-hybridized carbons (Fsp3) is 0.286. The molecule has 0 aliphatic heterocycles. The average Bonchev–Trinajstić information content (AvgIpc) is 2.70. The molecule has 1 aliphatic carbocycles. The molecule has 0 bridgehead atoms. The van der Waals surface area contributed by atoms with E-state index >= 15 is 0 Å². The van der Waals surface area contributed by atoms with Gasteiger partial charge in [-0.05, 0) is 55.4 Å². The van der Waals surface area contributed by atoms with Crippen LogP contribution in [0.3, 0.4) is 0 Å². The molecule has 2 amide bonds. The highest BCUT2D eigenvalue weighted by molar-refractivity contribution is 7.80. The van der Waals surface area contributed by atoms with Gasteiger partial charge in [-0.1, -0.05) is 43.0 Å². The van der Waals surface area contributed by atoms with Crippen molar-refractivity contribution in [2.75, 3.05) is 5.32 Å². The van der Waals surface area contributed by atoms with Crippen LogP contribution in [0.1, 0.15) is 52.8 Å². The number of rotatable bonds is 4. The van der Waals surface area contributed by atoms with Crippen LogP contribution >= 0.6 is 23.8 Å². The standard InChI is InChI=1S/C21H21ClFN3O2S/c22-17-11-10-14(12-16(17)20(28)24-13-6-2-1-3-7-13)25-21(29)26-19(27)15-8-4-5-9-18(15)23/h4-5,8-13H,1-3,6-7H2,(H,24,28)(H2,25,26,27,29). The number of anilines is 1. The summed E-state index contributed by atoms with van der Waals surface area (Å²) in [5.74, 6) is -1.54. The monoisotopic (exact) mass is 433 g/mol. The molecule has 1 fully saturated rings. The molecule has 0 aromatic heterocycles. The first-order chi connectivity index (χ1) is 13.9. The third-order valence-electron chi connectivity index (χ3n) is 4.75. The highest BCUT2D eigenvalue weighted by atomic mass is 35.5. The molecular weight excluding hydrogens is 413 g/mol. The molecule has 0 unspecified atom stereocenters. The number of hydrogen-bond donors (Lipinski definition) is 3. The van der Waals surface area contributed by atoms with E-state index in [0.717, 1.165) is 25.7 Å². The highest BCUT2D eigenvalue weighted by Gasteiger charge is 2.19. The number of halogens is 2. The number of amides is 2. The van der Waals surface area contributed by atoms with Crippen molar-refractivity contribution in [3.8, 4) is 0 Å². The molecular formula is C21H21ClFN3O2S. The Bertz CT molecular complexity index is 932. The second kappa shape index (κ2) is 9.80. The Kier molecular flexibility index (Phi) is 7.17. The van der Waals surface area contributed by atoms with Crippen LogP contribution in [-0.2, 0) is 0 Å². The molecule has 3 rings (SSSR count). The summed E-state index contributed by atoms with van der Waals surface area (Å²) in [7, 11) is 0. The van der Waals surface area contributed by atoms with Gasteiger partial charge in [-0.2, -0.15) is 0 Å². The summed E-state index contributed by atoms with van der Waals surface area (Å²) < 4.78 is 13.7. The zero-order chi connectivity index (χ0) is 20.8. The lowest BCUT2D eigenvalue weighted by atomic mass is 9.95. The fourth-order valence-electron chi connectivity index (χ4n) is 3.27. The van der Waals surface area contributed by atoms with E-state index in [0.29, 0.717) is 16.3 Å². The minimum atomic E-state index is -0.662. The second-order valence-corrected chi connectivity index (χ2v) is 7.71. The lowest BCUT2D eigenvalue weighted by Crippen LogP contribution is -2.36. The molecule has 0 saturated heterocycles. The molecule has 5 nitrogen and oxygen atoms in total. The number of hydrogen-bond acceptors (Lipinski definition) is 3. The second-order valence-electron chi connectivity index (χ2n) is 6.89. The van der Waals surface area contributed by atoms with Gasteiger partial charge >= 0.3 is 0 Å². The van der Waals surface area contributed by atoms with Crippen LogP contribution < -0.4 is 16.0 Å². The van der Waals surface area contributed by atoms with Crippen LogP contribution in [0.5, 0.6) is 0 Å². The van der Waals surface area contributed by atoms with Crippen molar-refractivity contribution in [1.82, 2.24) is 10.6 Å². The van der Waals surface area contributed by atoms with Crippen molar-refractivity contribution in [3.05, 3.63) is 64.4 Å². The van der Waals surface area contributed by atoms with E-state index in [4.69, 9.17) is 23.8 Å². The Balaban J connectivity index is 1.64. The van der Waals surface area contributed by atoms with E-state index in [1.807, 2.05) is 0 Å². The molecule has 8 heteroatoms. The fourth-order valence-corrected chi connectivity index (χ4v) is 3.68. The summed E-state index contributed by atoms with van der Waals surface area (Å²) in [6.07, 6.45) is 5.34. The minimum absolute atomic E-state index is 0.0146. The number of nitrogens with one attached hydrogen (secondary N) is 3. The first-order valence-corrected chi connectivity index (χ1v) is 10.2. The summed E-state index contributed by atoms with van der Waals surface area (Å²) in [6, 6.07) is 10.6. The van der Waals surface area contributed by atoms with E-state index in [1.54, 1.807) is 24.3 Å². The van der Waals surface area contributed by atoms with Gasteiger partial charge in [0, 0.05) is 11.7 Å². The van der Waals surface area contributed by atoms with Crippen molar-refractivity contribution >= 4 is 46.4 Å². The number of thiocarbonyl (C=S) groups is 1. The van der Waals surface area contributed by atoms with Gasteiger partial charge in [0.1, 0.15) is 5.82 Å². The van der Waals surface area contributed by atoms with Crippen LogP contribution in [0.2, 0.25) is 5.02 Å². The van der Waals surface area contributed by atoms with Crippen molar-refractivity contribution in [1.29, 1.82) is 0 Å². The average molecular weight is 434 g/mol. The summed E-state index contributed by atoms with van der Waals surface area (Å²) in [6.45, 7) is 0. The molecule has 2 aromatic carbocycles. The van der Waals surface area contributed by atoms with Gasteiger partial charge < -0.3 is 10.6 Å². The van der Waals surface area contributed by atoms with Crippen LogP contribution in [0.15, 0.2) is 42.5 Å². The van der Waals surface area contributed by atoms with Crippen LogP contribution in [-0.4, -0.2) is 23.0 Å². The molecule has 0 heterocycles. The lowest BCUT2D eigenvalue weighted by molar-refractivity contribution is 0.0926. The number of carbonyl (C=O) groups excluding carboxylic acids is 2. The van der Waals surface area contributed by atoms with Crippen LogP contribution in [0.4, 0.5) is 10.1 Å². The molecule has 152 valence electrons. The van der Waals surface area contributed by atoms with Crippen LogP contribution in [0.25, 0.3) is 0 Å². The smallest absolute Gasteiger partial charge is 0.260 e. The van der Waals surface area contributed by atoms with Crippen molar-refractivity contribution in [2.45, 2.75) is 38.1 Å². The summed E-state index contributed by atoms with van der Waals surface area (Å²) in [4.78, 5) is 24.8. The zero-order valence-corrected chi connectivity index (χ0v) is 17.2. The predicted octanol–water partition coefficient (Wildman–Crippen LogP) is 4.67. The van der Waals surface area contributed by atoms with Gasteiger partial charge in [0.25, 0.3) is 11.8 Å². The molecule has 1 aliphatic rings. The van der Waals surface area contributed by atoms with Gasteiger partial charge in [0.15, 0.2) is 5.11 Å². The van der Waals surface area contributed by atoms with Gasteiger partial charge in [-0.3, -0.25) is 14.9 Å². The molecule has 1 saturated carbocycles. The number of carbonyl (C=O) groups is 2. The van der Waals surface area contributed by atoms with Crippen LogP contribution in [0, 0.1) is 5.82 Å². The van der Waals surface area contributed by atoms with E-state index in [9.17, 15) is 14.0 Å².